The molecular weight excluding hydrogens is 360 g/mol. The molecular formula is C20H34N4O2S. The number of hydrazine groups is 1. The van der Waals surface area contributed by atoms with E-state index in [4.69, 9.17) is 12.2 Å². The van der Waals surface area contributed by atoms with Gasteiger partial charge in [0.1, 0.15) is 6.04 Å². The smallest absolute Gasteiger partial charge is 0.261 e. The van der Waals surface area contributed by atoms with E-state index in [2.05, 4.69) is 21.5 Å². The van der Waals surface area contributed by atoms with E-state index in [9.17, 15) is 9.59 Å². The van der Waals surface area contributed by atoms with E-state index in [0.717, 1.165) is 19.3 Å². The molecule has 6 nitrogen and oxygen atoms in total. The van der Waals surface area contributed by atoms with E-state index < -0.39 is 6.04 Å². The minimum absolute atomic E-state index is 0.00343. The molecule has 27 heavy (non-hydrogen) atoms. The quantitative estimate of drug-likeness (QED) is 0.425. The van der Waals surface area contributed by atoms with Gasteiger partial charge in [-0.05, 0) is 88.3 Å². The van der Waals surface area contributed by atoms with E-state index in [1.54, 1.807) is 0 Å². The van der Waals surface area contributed by atoms with Gasteiger partial charge in [-0.1, -0.05) is 13.8 Å². The Kier molecular flexibility index (Phi) is 5.99. The van der Waals surface area contributed by atoms with Gasteiger partial charge in [0.05, 0.1) is 0 Å². The molecule has 0 unspecified atom stereocenters. The SMILES string of the molecule is CC(C)NC(=S)NNC(=O)[C@H](NC(=O)C12CC3CC(CC(C3)C1)C2)C(C)C. The monoisotopic (exact) mass is 394 g/mol. The Morgan fingerprint density at radius 3 is 1.85 bits per heavy atom. The van der Waals surface area contributed by atoms with E-state index in [0.29, 0.717) is 22.9 Å². The summed E-state index contributed by atoms with van der Waals surface area (Å²) >= 11 is 5.14. The van der Waals surface area contributed by atoms with Crippen molar-refractivity contribution in [3.63, 3.8) is 0 Å². The molecule has 4 aliphatic carbocycles. The zero-order chi connectivity index (χ0) is 19.8. The third-order valence-electron chi connectivity index (χ3n) is 6.47. The summed E-state index contributed by atoms with van der Waals surface area (Å²) in [5, 5.41) is 6.47. The minimum Gasteiger partial charge on any atom is -0.359 e. The fourth-order valence-electron chi connectivity index (χ4n) is 5.71. The Bertz CT molecular complexity index is 570. The summed E-state index contributed by atoms with van der Waals surface area (Å²) in [6.07, 6.45) is 6.88. The standard InChI is InChI=1S/C20H34N4O2S/c1-11(2)16(17(25)23-24-19(27)21-12(3)4)22-18(26)20-8-13-5-14(9-20)7-15(6-13)10-20/h11-16H,5-10H2,1-4H3,(H,22,26)(H,23,25)(H2,21,24,27)/t13?,14?,15?,16-,20?/m1/s1. The van der Waals surface area contributed by atoms with Crippen LogP contribution in [0.3, 0.4) is 0 Å². The molecule has 0 aromatic rings. The van der Waals surface area contributed by atoms with Crippen LogP contribution in [0.1, 0.15) is 66.2 Å². The van der Waals surface area contributed by atoms with Crippen molar-refractivity contribution >= 4 is 29.1 Å². The van der Waals surface area contributed by atoms with Crippen molar-refractivity contribution in [3.8, 4) is 0 Å². The fraction of sp³-hybridized carbons (Fsp3) is 0.850. The summed E-state index contributed by atoms with van der Waals surface area (Å²) in [5.74, 6) is 1.93. The molecule has 4 aliphatic rings. The molecule has 0 radical (unpaired) electrons. The molecule has 0 saturated heterocycles. The zero-order valence-corrected chi connectivity index (χ0v) is 17.7. The Morgan fingerprint density at radius 1 is 0.889 bits per heavy atom. The highest BCUT2D eigenvalue weighted by atomic mass is 32.1. The lowest BCUT2D eigenvalue weighted by molar-refractivity contribution is -0.149. The van der Waals surface area contributed by atoms with Gasteiger partial charge in [-0.15, -0.1) is 0 Å². The van der Waals surface area contributed by atoms with Crippen LogP contribution in [-0.2, 0) is 9.59 Å². The number of thiocarbonyl (C=S) groups is 1. The van der Waals surface area contributed by atoms with Crippen molar-refractivity contribution in [3.05, 3.63) is 0 Å². The van der Waals surface area contributed by atoms with Crippen molar-refractivity contribution in [1.29, 1.82) is 0 Å². The van der Waals surface area contributed by atoms with Gasteiger partial charge < -0.3 is 10.6 Å². The van der Waals surface area contributed by atoms with Gasteiger partial charge in [-0.2, -0.15) is 0 Å². The normalized spacial score (nSPS) is 32.3. The molecule has 7 heteroatoms. The van der Waals surface area contributed by atoms with Crippen molar-refractivity contribution in [2.75, 3.05) is 0 Å². The molecule has 0 aromatic heterocycles. The third kappa shape index (κ3) is 4.55. The molecule has 0 aliphatic heterocycles. The number of hydrogen-bond acceptors (Lipinski definition) is 3. The second kappa shape index (κ2) is 7.94. The van der Waals surface area contributed by atoms with E-state index in [1.165, 1.54) is 19.3 Å². The van der Waals surface area contributed by atoms with Crippen LogP contribution in [0.5, 0.6) is 0 Å². The average molecular weight is 395 g/mol. The highest BCUT2D eigenvalue weighted by molar-refractivity contribution is 7.80. The second-order valence-corrected chi connectivity index (χ2v) is 10.0. The molecule has 2 amide bonds. The van der Waals surface area contributed by atoms with E-state index >= 15 is 0 Å². The highest BCUT2D eigenvalue weighted by Gasteiger charge is 2.55. The van der Waals surface area contributed by atoms with E-state index in [1.807, 2.05) is 27.7 Å². The summed E-state index contributed by atoms with van der Waals surface area (Å²) in [6.45, 7) is 7.85. The van der Waals surface area contributed by atoms with Crippen LogP contribution in [-0.4, -0.2) is 29.0 Å². The summed E-state index contributed by atoms with van der Waals surface area (Å²) in [6, 6.07) is -0.390. The Hall–Kier alpha value is -1.37. The summed E-state index contributed by atoms with van der Waals surface area (Å²) < 4.78 is 0. The maximum Gasteiger partial charge on any atom is 0.261 e. The van der Waals surface area contributed by atoms with E-state index in [-0.39, 0.29) is 29.2 Å². The van der Waals surface area contributed by atoms with Gasteiger partial charge >= 0.3 is 0 Å². The highest BCUT2D eigenvalue weighted by Crippen LogP contribution is 2.60. The number of carbonyl (C=O) groups excluding carboxylic acids is 2. The largest absolute Gasteiger partial charge is 0.359 e. The maximum absolute atomic E-state index is 13.2. The molecule has 152 valence electrons. The van der Waals surface area contributed by atoms with Crippen LogP contribution in [0.4, 0.5) is 0 Å². The molecule has 4 rings (SSSR count). The fourth-order valence-corrected chi connectivity index (χ4v) is 6.00. The van der Waals surface area contributed by atoms with Gasteiger partial charge in [0, 0.05) is 11.5 Å². The number of carbonyl (C=O) groups is 2. The first-order chi connectivity index (χ1) is 12.7. The first kappa shape index (κ1) is 20.4. The topological polar surface area (TPSA) is 82.3 Å². The van der Waals surface area contributed by atoms with Gasteiger partial charge in [-0.3, -0.25) is 20.4 Å². The predicted octanol–water partition coefficient (Wildman–Crippen LogP) is 2.25. The van der Waals surface area contributed by atoms with Crippen LogP contribution >= 0.6 is 12.2 Å². The molecule has 1 atom stereocenters. The second-order valence-electron chi connectivity index (χ2n) is 9.64. The van der Waals surface area contributed by atoms with Crippen LogP contribution in [0.25, 0.3) is 0 Å². The van der Waals surface area contributed by atoms with Crippen LogP contribution < -0.4 is 21.5 Å². The van der Waals surface area contributed by atoms with Crippen molar-refractivity contribution in [1.82, 2.24) is 21.5 Å². The minimum atomic E-state index is -0.570. The maximum atomic E-state index is 13.2. The van der Waals surface area contributed by atoms with Gasteiger partial charge in [0.15, 0.2) is 5.11 Å². The van der Waals surface area contributed by atoms with Gasteiger partial charge in [-0.25, -0.2) is 0 Å². The van der Waals surface area contributed by atoms with Crippen molar-refractivity contribution in [2.24, 2.45) is 29.1 Å². The molecule has 4 saturated carbocycles. The van der Waals surface area contributed by atoms with Crippen molar-refractivity contribution < 1.29 is 9.59 Å². The average Bonchev–Trinajstić information content (AvgIpc) is 2.55. The lowest BCUT2D eigenvalue weighted by atomic mass is 9.49. The summed E-state index contributed by atoms with van der Waals surface area (Å²) in [7, 11) is 0. The summed E-state index contributed by atoms with van der Waals surface area (Å²) in [4.78, 5) is 25.9. The first-order valence-corrected chi connectivity index (χ1v) is 10.8. The Balaban J connectivity index is 1.60. The molecule has 4 N–H and O–H groups in total. The van der Waals surface area contributed by atoms with Gasteiger partial charge in [0.2, 0.25) is 5.91 Å². The molecule has 0 heterocycles. The lowest BCUT2D eigenvalue weighted by Gasteiger charge is -2.55. The van der Waals surface area contributed by atoms with Crippen LogP contribution in [0.15, 0.2) is 0 Å². The van der Waals surface area contributed by atoms with Crippen LogP contribution in [0, 0.1) is 29.1 Å². The summed E-state index contributed by atoms with van der Waals surface area (Å²) in [5.41, 5.74) is 5.12. The Labute approximate surface area is 168 Å². The number of rotatable bonds is 5. The lowest BCUT2D eigenvalue weighted by Crippen LogP contribution is -2.60. The molecule has 4 bridgehead atoms. The van der Waals surface area contributed by atoms with Crippen molar-refractivity contribution in [2.45, 2.75) is 78.3 Å². The third-order valence-corrected chi connectivity index (χ3v) is 6.69. The molecule has 4 fully saturated rings. The van der Waals surface area contributed by atoms with Gasteiger partial charge in [0.25, 0.3) is 5.91 Å². The number of nitrogens with one attached hydrogen (secondary N) is 4. The first-order valence-electron chi connectivity index (χ1n) is 10.4. The molecule has 0 spiro atoms. The van der Waals surface area contributed by atoms with Crippen LogP contribution in [0.2, 0.25) is 0 Å². The predicted molar refractivity (Wildman–Crippen MR) is 110 cm³/mol. The number of amides is 2. The zero-order valence-electron chi connectivity index (χ0n) is 16.9. The Morgan fingerprint density at radius 2 is 1.41 bits per heavy atom. The number of hydrogen-bond donors (Lipinski definition) is 4. The molecule has 0 aromatic carbocycles.